The van der Waals surface area contributed by atoms with E-state index in [0.29, 0.717) is 6.42 Å². The number of nitrogens with one attached hydrogen (secondary N) is 1. The Morgan fingerprint density at radius 3 is 2.64 bits per heavy atom. The van der Waals surface area contributed by atoms with Crippen molar-refractivity contribution >= 4 is 22.6 Å². The maximum atomic E-state index is 11.3. The normalized spacial score (nSPS) is 11.8. The standard InChI is InChI=1S/C21H22N2O2/c1-14-9-10-21-18(11-14)19(13-23(21)4)20(22-25-16(3)24)12-17-8-6-5-7-15(17)2/h5-11,13H,12H2,1-4H3/p+1. The van der Waals surface area contributed by atoms with Crippen LogP contribution in [0.4, 0.5) is 0 Å². The zero-order valence-corrected chi connectivity index (χ0v) is 15.1. The number of hydrogen-bond acceptors (Lipinski definition) is 2. The fourth-order valence-corrected chi connectivity index (χ4v) is 3.07. The lowest BCUT2D eigenvalue weighted by Crippen LogP contribution is -2.73. The molecule has 25 heavy (non-hydrogen) atoms. The summed E-state index contributed by atoms with van der Waals surface area (Å²) in [5.74, 6) is -0.362. The molecule has 1 aromatic heterocycles. The first kappa shape index (κ1) is 17.0. The summed E-state index contributed by atoms with van der Waals surface area (Å²) in [6, 6.07) is 14.6. The van der Waals surface area contributed by atoms with Gasteiger partial charge in [-0.15, -0.1) is 0 Å². The van der Waals surface area contributed by atoms with Crippen LogP contribution in [0.15, 0.2) is 48.7 Å². The average molecular weight is 335 g/mol. The minimum Gasteiger partial charge on any atom is -0.350 e. The Kier molecular flexibility index (Phi) is 4.70. The third-order valence-corrected chi connectivity index (χ3v) is 4.42. The summed E-state index contributed by atoms with van der Waals surface area (Å²) >= 11 is 0. The van der Waals surface area contributed by atoms with Gasteiger partial charge in [0.1, 0.15) is 0 Å². The zero-order valence-electron chi connectivity index (χ0n) is 15.1. The highest BCUT2D eigenvalue weighted by Crippen LogP contribution is 2.23. The van der Waals surface area contributed by atoms with E-state index in [2.05, 4.69) is 60.1 Å². The number of aryl methyl sites for hydroxylation is 3. The van der Waals surface area contributed by atoms with Gasteiger partial charge < -0.3 is 4.57 Å². The van der Waals surface area contributed by atoms with Crippen molar-refractivity contribution in [1.82, 2.24) is 4.57 Å². The number of aromatic nitrogens is 1. The molecular weight excluding hydrogens is 312 g/mol. The topological polar surface area (TPSA) is 45.2 Å². The molecule has 0 amide bonds. The number of carbonyl (C=O) groups is 1. The Hall–Kier alpha value is -2.88. The number of carbonyl (C=O) groups excluding carboxylic acids is 1. The highest BCUT2D eigenvalue weighted by Gasteiger charge is 2.20. The predicted octanol–water partition coefficient (Wildman–Crippen LogP) is 2.39. The lowest BCUT2D eigenvalue weighted by molar-refractivity contribution is -0.723. The molecule has 0 spiro atoms. The third-order valence-electron chi connectivity index (χ3n) is 4.42. The third kappa shape index (κ3) is 3.63. The lowest BCUT2D eigenvalue weighted by atomic mass is 9.98. The largest absolute Gasteiger partial charge is 0.376 e. The van der Waals surface area contributed by atoms with Crippen LogP contribution in [0, 0.1) is 13.8 Å². The second-order valence-corrected chi connectivity index (χ2v) is 6.45. The highest BCUT2D eigenvalue weighted by atomic mass is 16.7. The van der Waals surface area contributed by atoms with Crippen molar-refractivity contribution in [2.75, 3.05) is 0 Å². The SMILES string of the molecule is CC(=O)O[NH+]=C(Cc1ccccc1C)c1cn(C)c2ccc(C)cc12. The van der Waals surface area contributed by atoms with Crippen molar-refractivity contribution in [3.05, 3.63) is 70.9 Å². The first-order valence-corrected chi connectivity index (χ1v) is 8.35. The smallest absolute Gasteiger partial charge is 0.350 e. The molecule has 4 heteroatoms. The van der Waals surface area contributed by atoms with Crippen LogP contribution in [0.2, 0.25) is 0 Å². The van der Waals surface area contributed by atoms with E-state index in [9.17, 15) is 4.79 Å². The summed E-state index contributed by atoms with van der Waals surface area (Å²) < 4.78 is 2.09. The predicted molar refractivity (Wildman–Crippen MR) is 99.4 cm³/mol. The molecule has 3 aromatic rings. The van der Waals surface area contributed by atoms with Crippen molar-refractivity contribution in [1.29, 1.82) is 0 Å². The van der Waals surface area contributed by atoms with Gasteiger partial charge in [-0.25, -0.2) is 9.63 Å². The molecule has 0 bridgehead atoms. The number of rotatable bonds is 4. The second-order valence-electron chi connectivity index (χ2n) is 6.45. The van der Waals surface area contributed by atoms with Gasteiger partial charge in [-0.05, 0) is 42.3 Å². The second kappa shape index (κ2) is 6.93. The summed E-state index contributed by atoms with van der Waals surface area (Å²) in [4.78, 5) is 16.4. The van der Waals surface area contributed by atoms with Crippen LogP contribution in [0.25, 0.3) is 10.9 Å². The van der Waals surface area contributed by atoms with Crippen LogP contribution in [-0.2, 0) is 23.1 Å². The molecule has 0 saturated heterocycles. The van der Waals surface area contributed by atoms with Gasteiger partial charge >= 0.3 is 5.97 Å². The maximum Gasteiger partial charge on any atom is 0.376 e. The van der Waals surface area contributed by atoms with Gasteiger partial charge in [0.05, 0.1) is 12.0 Å². The van der Waals surface area contributed by atoms with Gasteiger partial charge in [-0.2, -0.15) is 0 Å². The fraction of sp³-hybridized carbons (Fsp3) is 0.238. The first-order chi connectivity index (χ1) is 12.0. The van der Waals surface area contributed by atoms with E-state index >= 15 is 0 Å². The summed E-state index contributed by atoms with van der Waals surface area (Å²) in [6.07, 6.45) is 2.74. The van der Waals surface area contributed by atoms with Crippen LogP contribution in [0.5, 0.6) is 0 Å². The molecule has 1 N–H and O–H groups in total. The molecule has 0 saturated carbocycles. The molecule has 0 aliphatic carbocycles. The molecule has 2 aromatic carbocycles. The Morgan fingerprint density at radius 1 is 1.16 bits per heavy atom. The van der Waals surface area contributed by atoms with Crippen molar-refractivity contribution in [3.8, 4) is 0 Å². The van der Waals surface area contributed by atoms with Crippen molar-refractivity contribution < 1.29 is 14.8 Å². The fourth-order valence-electron chi connectivity index (χ4n) is 3.07. The molecule has 0 radical (unpaired) electrons. The monoisotopic (exact) mass is 335 g/mol. The minimum absolute atomic E-state index is 0.362. The first-order valence-electron chi connectivity index (χ1n) is 8.35. The summed E-state index contributed by atoms with van der Waals surface area (Å²) in [5.41, 5.74) is 6.67. The molecule has 1 heterocycles. The molecule has 0 unspecified atom stereocenters. The average Bonchev–Trinajstić information content (AvgIpc) is 2.89. The van der Waals surface area contributed by atoms with Crippen LogP contribution in [0.3, 0.4) is 0 Å². The van der Waals surface area contributed by atoms with Gasteiger partial charge in [0.15, 0.2) is 0 Å². The Balaban J connectivity index is 2.12. The van der Waals surface area contributed by atoms with Gasteiger partial charge in [0, 0.05) is 31.1 Å². The molecule has 0 atom stereocenters. The zero-order chi connectivity index (χ0) is 18.0. The van der Waals surface area contributed by atoms with Crippen molar-refractivity contribution in [2.24, 2.45) is 7.05 Å². The summed E-state index contributed by atoms with van der Waals surface area (Å²) in [6.45, 7) is 5.56. The number of benzene rings is 2. The van der Waals surface area contributed by atoms with Crippen molar-refractivity contribution in [2.45, 2.75) is 27.2 Å². The molecule has 128 valence electrons. The van der Waals surface area contributed by atoms with E-state index in [-0.39, 0.29) is 5.97 Å². The number of nitrogens with zero attached hydrogens (tertiary/aromatic N) is 1. The number of hydrogen-bond donors (Lipinski definition) is 1. The summed E-state index contributed by atoms with van der Waals surface area (Å²) in [7, 11) is 2.03. The van der Waals surface area contributed by atoms with E-state index in [1.807, 2.05) is 19.2 Å². The van der Waals surface area contributed by atoms with Gasteiger partial charge in [0.25, 0.3) is 0 Å². The Bertz CT molecular complexity index is 967. The van der Waals surface area contributed by atoms with Crippen LogP contribution >= 0.6 is 0 Å². The highest BCUT2D eigenvalue weighted by molar-refractivity contribution is 6.09. The Labute approximate surface area is 147 Å². The van der Waals surface area contributed by atoms with Gasteiger partial charge in [0.2, 0.25) is 5.71 Å². The minimum atomic E-state index is -0.362. The number of fused-ring (bicyclic) bond motifs is 1. The molecule has 0 aliphatic heterocycles. The Morgan fingerprint density at radius 2 is 1.92 bits per heavy atom. The van der Waals surface area contributed by atoms with E-state index in [1.165, 1.54) is 23.6 Å². The van der Waals surface area contributed by atoms with Gasteiger partial charge in [-0.1, -0.05) is 35.9 Å². The van der Waals surface area contributed by atoms with E-state index in [0.717, 1.165) is 22.2 Å². The van der Waals surface area contributed by atoms with Crippen LogP contribution < -0.4 is 5.16 Å². The molecule has 0 aliphatic rings. The van der Waals surface area contributed by atoms with Crippen LogP contribution in [0.1, 0.15) is 29.2 Å². The molecule has 3 rings (SSSR count). The van der Waals surface area contributed by atoms with E-state index in [1.54, 1.807) is 0 Å². The van der Waals surface area contributed by atoms with E-state index in [4.69, 9.17) is 4.84 Å². The molecular formula is C21H23N2O2+. The van der Waals surface area contributed by atoms with Gasteiger partial charge in [-0.3, -0.25) is 0 Å². The van der Waals surface area contributed by atoms with Crippen molar-refractivity contribution in [3.63, 3.8) is 0 Å². The maximum absolute atomic E-state index is 11.3. The molecule has 4 nitrogen and oxygen atoms in total. The summed E-state index contributed by atoms with van der Waals surface area (Å²) in [5, 5.41) is 4.03. The quantitative estimate of drug-likeness (QED) is 0.452. The van der Waals surface area contributed by atoms with Crippen LogP contribution in [-0.4, -0.2) is 16.2 Å². The molecule has 0 fully saturated rings. The lowest BCUT2D eigenvalue weighted by Gasteiger charge is -2.04. The van der Waals surface area contributed by atoms with E-state index < -0.39 is 0 Å².